The van der Waals surface area contributed by atoms with Gasteiger partial charge in [-0.25, -0.2) is 15.0 Å². The fourth-order valence-corrected chi connectivity index (χ4v) is 9.05. The van der Waals surface area contributed by atoms with Gasteiger partial charge in [-0.3, -0.25) is 0 Å². The first-order valence-corrected chi connectivity index (χ1v) is 17.9. The Labute approximate surface area is 296 Å². The first kappa shape index (κ1) is 28.5. The average molecular weight is 674 g/mol. The molecule has 6 heteroatoms. The third kappa shape index (κ3) is 4.43. The lowest BCUT2D eigenvalue weighted by atomic mass is 9.83. The van der Waals surface area contributed by atoms with Gasteiger partial charge in [0.1, 0.15) is 23.0 Å². The minimum Gasteiger partial charge on any atom is -0.485 e. The Morgan fingerprint density at radius 2 is 1.31 bits per heavy atom. The zero-order valence-corrected chi connectivity index (χ0v) is 28.0. The summed E-state index contributed by atoms with van der Waals surface area (Å²) >= 11 is 1.85. The van der Waals surface area contributed by atoms with Gasteiger partial charge in [0.05, 0.1) is 5.92 Å². The molecule has 11 rings (SSSR count). The molecule has 240 valence electrons. The number of aromatic nitrogens is 3. The highest BCUT2D eigenvalue weighted by Crippen LogP contribution is 2.50. The largest absolute Gasteiger partial charge is 0.485 e. The summed E-state index contributed by atoms with van der Waals surface area (Å²) in [5.74, 6) is 2.67. The van der Waals surface area contributed by atoms with Gasteiger partial charge >= 0.3 is 0 Å². The van der Waals surface area contributed by atoms with Crippen LogP contribution in [0.3, 0.4) is 0 Å². The van der Waals surface area contributed by atoms with Gasteiger partial charge in [0.15, 0.2) is 17.5 Å². The van der Waals surface area contributed by atoms with Gasteiger partial charge in [-0.2, -0.15) is 0 Å². The number of para-hydroxylation sites is 1. The van der Waals surface area contributed by atoms with Crippen molar-refractivity contribution in [1.29, 1.82) is 0 Å². The first-order chi connectivity index (χ1) is 25.3. The second-order valence-electron chi connectivity index (χ2n) is 13.0. The van der Waals surface area contributed by atoms with Crippen molar-refractivity contribution in [2.24, 2.45) is 0 Å². The van der Waals surface area contributed by atoms with E-state index in [2.05, 4.69) is 91.0 Å². The highest BCUT2D eigenvalue weighted by Gasteiger charge is 2.39. The maximum Gasteiger partial charge on any atom is 0.164 e. The summed E-state index contributed by atoms with van der Waals surface area (Å²) in [5.41, 5.74) is 8.01. The SMILES string of the molecule is C1=CC2Oc3ccc(-c4cccc5c4sc4ccccc45)cc3C2C(c2nc(-c3ccccc3)nc(-c3cccc4oc5ccccc5c34)n2)=C1. The van der Waals surface area contributed by atoms with E-state index in [4.69, 9.17) is 24.1 Å². The number of ether oxygens (including phenoxy) is 1. The van der Waals surface area contributed by atoms with Crippen LogP contribution in [0.15, 0.2) is 156 Å². The molecule has 3 aromatic heterocycles. The smallest absolute Gasteiger partial charge is 0.164 e. The Balaban J connectivity index is 1.09. The van der Waals surface area contributed by atoms with E-state index in [1.807, 2.05) is 72.0 Å². The summed E-state index contributed by atoms with van der Waals surface area (Å²) in [7, 11) is 0. The first-order valence-electron chi connectivity index (χ1n) is 17.1. The van der Waals surface area contributed by atoms with Crippen LogP contribution in [0.1, 0.15) is 17.3 Å². The molecule has 0 fully saturated rings. The molecule has 4 heterocycles. The molecule has 0 spiro atoms. The maximum atomic E-state index is 6.61. The number of thiophene rings is 1. The second kappa shape index (κ2) is 11.1. The van der Waals surface area contributed by atoms with Gasteiger partial charge in [-0.1, -0.05) is 115 Å². The van der Waals surface area contributed by atoms with Crippen molar-refractivity contribution in [2.75, 3.05) is 0 Å². The highest BCUT2D eigenvalue weighted by molar-refractivity contribution is 7.26. The molecule has 51 heavy (non-hydrogen) atoms. The van der Waals surface area contributed by atoms with Crippen molar-refractivity contribution in [1.82, 2.24) is 15.0 Å². The molecule has 6 aromatic carbocycles. The van der Waals surface area contributed by atoms with Crippen molar-refractivity contribution in [2.45, 2.75) is 12.0 Å². The molecule has 2 unspecified atom stereocenters. The molecule has 2 atom stereocenters. The molecule has 0 saturated heterocycles. The van der Waals surface area contributed by atoms with Crippen LogP contribution in [0.4, 0.5) is 0 Å². The van der Waals surface area contributed by atoms with Crippen LogP contribution in [0.2, 0.25) is 0 Å². The van der Waals surface area contributed by atoms with Gasteiger partial charge in [0, 0.05) is 53.2 Å². The van der Waals surface area contributed by atoms with Crippen molar-refractivity contribution in [3.05, 3.63) is 163 Å². The van der Waals surface area contributed by atoms with Gasteiger partial charge in [0.2, 0.25) is 0 Å². The predicted octanol–water partition coefficient (Wildman–Crippen LogP) is 11.6. The van der Waals surface area contributed by atoms with E-state index in [0.717, 1.165) is 50.0 Å². The lowest BCUT2D eigenvalue weighted by Gasteiger charge is -2.22. The van der Waals surface area contributed by atoms with E-state index in [1.165, 1.54) is 31.3 Å². The van der Waals surface area contributed by atoms with Crippen molar-refractivity contribution in [3.8, 4) is 39.7 Å². The van der Waals surface area contributed by atoms with Crippen LogP contribution in [-0.4, -0.2) is 21.1 Å². The lowest BCUT2D eigenvalue weighted by Crippen LogP contribution is -2.20. The quantitative estimate of drug-likeness (QED) is 0.186. The zero-order chi connectivity index (χ0) is 33.5. The molecule has 9 aromatic rings. The highest BCUT2D eigenvalue weighted by atomic mass is 32.1. The van der Waals surface area contributed by atoms with E-state index in [1.54, 1.807) is 0 Å². The molecule has 0 N–H and O–H groups in total. The summed E-state index contributed by atoms with van der Waals surface area (Å²) in [6.07, 6.45) is 6.17. The molecular weight excluding hydrogens is 647 g/mol. The molecule has 0 amide bonds. The Morgan fingerprint density at radius 1 is 0.569 bits per heavy atom. The second-order valence-corrected chi connectivity index (χ2v) is 14.1. The lowest BCUT2D eigenvalue weighted by molar-refractivity contribution is 0.271. The molecule has 2 aliphatic rings. The van der Waals surface area contributed by atoms with Crippen molar-refractivity contribution < 1.29 is 9.15 Å². The Hall–Kier alpha value is -6.37. The third-order valence-corrected chi connectivity index (χ3v) is 11.4. The minimum atomic E-state index is -0.169. The van der Waals surface area contributed by atoms with E-state index in [0.29, 0.717) is 17.5 Å². The fourth-order valence-electron chi connectivity index (χ4n) is 7.82. The van der Waals surface area contributed by atoms with Gasteiger partial charge in [-0.15, -0.1) is 11.3 Å². The molecule has 1 aliphatic carbocycles. The number of hydrogen-bond donors (Lipinski definition) is 0. The van der Waals surface area contributed by atoms with Gasteiger partial charge in [-0.05, 0) is 47.5 Å². The summed E-state index contributed by atoms with van der Waals surface area (Å²) in [6, 6.07) is 46.2. The monoisotopic (exact) mass is 673 g/mol. The predicted molar refractivity (Wildman–Crippen MR) is 207 cm³/mol. The Morgan fingerprint density at radius 3 is 2.25 bits per heavy atom. The number of allylic oxidation sites excluding steroid dienone is 2. The van der Waals surface area contributed by atoms with E-state index >= 15 is 0 Å². The fraction of sp³-hybridized carbons (Fsp3) is 0.0444. The summed E-state index contributed by atoms with van der Waals surface area (Å²) in [6.45, 7) is 0. The summed E-state index contributed by atoms with van der Waals surface area (Å²) < 4.78 is 15.5. The molecule has 0 radical (unpaired) electrons. The van der Waals surface area contributed by atoms with Crippen LogP contribution in [-0.2, 0) is 0 Å². The number of fused-ring (bicyclic) bond motifs is 9. The summed E-state index contributed by atoms with van der Waals surface area (Å²) in [4.78, 5) is 15.5. The number of rotatable bonds is 4. The average Bonchev–Trinajstić information content (AvgIpc) is 3.89. The third-order valence-electron chi connectivity index (χ3n) is 10.1. The van der Waals surface area contributed by atoms with Gasteiger partial charge in [0.25, 0.3) is 0 Å². The van der Waals surface area contributed by atoms with Crippen molar-refractivity contribution >= 4 is 59.0 Å². The normalized spacial score (nSPS) is 16.4. The van der Waals surface area contributed by atoms with Crippen LogP contribution in [0, 0.1) is 0 Å². The van der Waals surface area contributed by atoms with Crippen LogP contribution in [0.25, 0.3) is 81.6 Å². The van der Waals surface area contributed by atoms with Crippen LogP contribution < -0.4 is 4.74 Å². The van der Waals surface area contributed by atoms with Crippen LogP contribution >= 0.6 is 11.3 Å². The number of benzene rings is 6. The topological polar surface area (TPSA) is 61.0 Å². The maximum absolute atomic E-state index is 6.61. The van der Waals surface area contributed by atoms with E-state index in [9.17, 15) is 0 Å². The Bertz CT molecular complexity index is 2920. The van der Waals surface area contributed by atoms with E-state index < -0.39 is 0 Å². The molecule has 1 aliphatic heterocycles. The van der Waals surface area contributed by atoms with Crippen molar-refractivity contribution in [3.63, 3.8) is 0 Å². The number of furan rings is 1. The molecule has 0 saturated carbocycles. The minimum absolute atomic E-state index is 0.0871. The zero-order valence-electron chi connectivity index (χ0n) is 27.2. The van der Waals surface area contributed by atoms with E-state index in [-0.39, 0.29) is 12.0 Å². The van der Waals surface area contributed by atoms with Crippen LogP contribution in [0.5, 0.6) is 5.75 Å². The molecule has 0 bridgehead atoms. The molecular formula is C45H27N3O2S. The Kier molecular flexibility index (Phi) is 6.18. The number of nitrogens with zero attached hydrogens (tertiary/aromatic N) is 3. The molecule has 5 nitrogen and oxygen atoms in total. The van der Waals surface area contributed by atoms with Gasteiger partial charge < -0.3 is 9.15 Å². The standard InChI is InChI=1S/C45H27N3O2S/c1-2-11-26(12-3-1)43-46-44(32-17-9-20-37-40(32)31-14-4-6-19-35(31)49-37)48-45(47-43)33-18-10-21-38-41(33)34-25-27(23-24-36(34)50-38)28-15-8-16-30-29-13-5-7-22-39(29)51-42(28)30/h1-25,38,41H. The number of hydrogen-bond acceptors (Lipinski definition) is 6. The summed E-state index contributed by atoms with van der Waals surface area (Å²) in [5, 5.41) is 4.61.